The van der Waals surface area contributed by atoms with Crippen molar-refractivity contribution in [2.75, 3.05) is 20.8 Å². The van der Waals surface area contributed by atoms with Crippen LogP contribution in [-0.2, 0) is 19.6 Å². The van der Waals surface area contributed by atoms with Gasteiger partial charge in [-0.3, -0.25) is 4.90 Å². The smallest absolute Gasteiger partial charge is 0.161 e. The first-order valence-electron chi connectivity index (χ1n) is 10.4. The molecule has 0 saturated heterocycles. The fraction of sp³-hybridized carbons (Fsp3) is 0.308. The van der Waals surface area contributed by atoms with E-state index in [1.54, 1.807) is 14.2 Å². The van der Waals surface area contributed by atoms with Crippen LogP contribution in [0.5, 0.6) is 17.2 Å². The average Bonchev–Trinajstić information content (AvgIpc) is 2.82. The Hall–Kier alpha value is -2.98. The zero-order chi connectivity index (χ0) is 20.9. The summed E-state index contributed by atoms with van der Waals surface area (Å²) in [4.78, 5) is 2.51. The van der Waals surface area contributed by atoms with Crippen LogP contribution in [0.1, 0.15) is 35.2 Å². The largest absolute Gasteiger partial charge is 0.493 e. The standard InChI is InChI=1S/C26H29NO3/c1-19(21-9-11-24(12-10-21)30-18-20-7-5-4-6-8-20)27-14-13-22-15-25(28-2)26(29-3)16-23(22)17-27/h4-12,15-16,19H,13-14,17-18H2,1-3H3. The fourth-order valence-electron chi connectivity index (χ4n) is 4.03. The summed E-state index contributed by atoms with van der Waals surface area (Å²) in [6, 6.07) is 23.3. The molecule has 4 heteroatoms. The minimum atomic E-state index is 0.328. The summed E-state index contributed by atoms with van der Waals surface area (Å²) in [5.74, 6) is 2.50. The molecule has 0 N–H and O–H groups in total. The lowest BCUT2D eigenvalue weighted by Crippen LogP contribution is -2.32. The third-order valence-corrected chi connectivity index (χ3v) is 5.91. The van der Waals surface area contributed by atoms with Crippen molar-refractivity contribution in [3.05, 3.63) is 89.0 Å². The normalized spacial score (nSPS) is 14.6. The van der Waals surface area contributed by atoms with Crippen LogP contribution >= 0.6 is 0 Å². The van der Waals surface area contributed by atoms with Crippen LogP contribution in [0.4, 0.5) is 0 Å². The molecule has 0 radical (unpaired) electrons. The van der Waals surface area contributed by atoms with Crippen LogP contribution in [-0.4, -0.2) is 25.7 Å². The molecule has 1 unspecified atom stereocenters. The van der Waals surface area contributed by atoms with Crippen molar-refractivity contribution in [2.45, 2.75) is 32.5 Å². The van der Waals surface area contributed by atoms with E-state index in [-0.39, 0.29) is 0 Å². The van der Waals surface area contributed by atoms with Crippen molar-refractivity contribution >= 4 is 0 Å². The van der Waals surface area contributed by atoms with Gasteiger partial charge in [-0.2, -0.15) is 0 Å². The van der Waals surface area contributed by atoms with Crippen LogP contribution in [0.3, 0.4) is 0 Å². The Bertz CT molecular complexity index is 970. The molecule has 30 heavy (non-hydrogen) atoms. The summed E-state index contributed by atoms with van der Waals surface area (Å²) >= 11 is 0. The molecule has 0 fully saturated rings. The first-order valence-corrected chi connectivity index (χ1v) is 10.4. The number of hydrogen-bond donors (Lipinski definition) is 0. The SMILES string of the molecule is COc1cc2c(cc1OC)CN(C(C)c1ccc(OCc3ccccc3)cc1)CC2. The summed E-state index contributed by atoms with van der Waals surface area (Å²) in [7, 11) is 3.38. The van der Waals surface area contributed by atoms with Crippen LogP contribution in [0.15, 0.2) is 66.7 Å². The third-order valence-electron chi connectivity index (χ3n) is 5.91. The van der Waals surface area contributed by atoms with Gasteiger partial charge < -0.3 is 14.2 Å². The molecule has 1 heterocycles. The van der Waals surface area contributed by atoms with Gasteiger partial charge in [-0.15, -0.1) is 0 Å². The predicted octanol–water partition coefficient (Wildman–Crippen LogP) is 5.40. The maximum absolute atomic E-state index is 5.93. The van der Waals surface area contributed by atoms with Gasteiger partial charge in [0.05, 0.1) is 14.2 Å². The second-order valence-corrected chi connectivity index (χ2v) is 7.72. The van der Waals surface area contributed by atoms with E-state index in [2.05, 4.69) is 60.4 Å². The first kappa shape index (κ1) is 20.3. The van der Waals surface area contributed by atoms with Crippen LogP contribution in [0.2, 0.25) is 0 Å². The summed E-state index contributed by atoms with van der Waals surface area (Å²) in [5.41, 5.74) is 5.13. The summed E-state index contributed by atoms with van der Waals surface area (Å²) in [5, 5.41) is 0. The summed E-state index contributed by atoms with van der Waals surface area (Å²) in [6.07, 6.45) is 1.01. The average molecular weight is 404 g/mol. The van der Waals surface area contributed by atoms with Gasteiger partial charge in [0.2, 0.25) is 0 Å². The molecule has 0 saturated carbocycles. The molecule has 4 rings (SSSR count). The highest BCUT2D eigenvalue weighted by Gasteiger charge is 2.23. The Morgan fingerprint density at radius 1 is 0.867 bits per heavy atom. The van der Waals surface area contributed by atoms with Gasteiger partial charge in [0.25, 0.3) is 0 Å². The van der Waals surface area contributed by atoms with Crippen LogP contribution in [0, 0.1) is 0 Å². The molecule has 156 valence electrons. The molecule has 1 aliphatic heterocycles. The second-order valence-electron chi connectivity index (χ2n) is 7.72. The highest BCUT2D eigenvalue weighted by Crippen LogP contribution is 2.35. The zero-order valence-corrected chi connectivity index (χ0v) is 17.9. The molecule has 1 atom stereocenters. The van der Waals surface area contributed by atoms with Crippen molar-refractivity contribution in [3.8, 4) is 17.2 Å². The van der Waals surface area contributed by atoms with Crippen LogP contribution < -0.4 is 14.2 Å². The molecule has 3 aromatic carbocycles. The number of ether oxygens (including phenoxy) is 3. The van der Waals surface area contributed by atoms with Crippen molar-refractivity contribution in [3.63, 3.8) is 0 Å². The quantitative estimate of drug-likeness (QED) is 0.528. The van der Waals surface area contributed by atoms with Gasteiger partial charge in [0.1, 0.15) is 12.4 Å². The monoisotopic (exact) mass is 403 g/mol. The molecule has 4 nitrogen and oxygen atoms in total. The Balaban J connectivity index is 1.41. The highest BCUT2D eigenvalue weighted by atomic mass is 16.5. The molecule has 0 aromatic heterocycles. The minimum Gasteiger partial charge on any atom is -0.493 e. The van der Waals surface area contributed by atoms with Gasteiger partial charge >= 0.3 is 0 Å². The summed E-state index contributed by atoms with van der Waals surface area (Å²) in [6.45, 7) is 4.79. The van der Waals surface area contributed by atoms with Crippen molar-refractivity contribution in [2.24, 2.45) is 0 Å². The topological polar surface area (TPSA) is 30.9 Å². The maximum Gasteiger partial charge on any atom is 0.161 e. The maximum atomic E-state index is 5.93. The predicted molar refractivity (Wildman–Crippen MR) is 119 cm³/mol. The Labute approximate surface area is 179 Å². The first-order chi connectivity index (χ1) is 14.7. The fourth-order valence-corrected chi connectivity index (χ4v) is 4.03. The number of rotatable bonds is 7. The minimum absolute atomic E-state index is 0.328. The zero-order valence-electron chi connectivity index (χ0n) is 17.9. The van der Waals surface area contributed by atoms with Crippen molar-refractivity contribution in [1.82, 2.24) is 4.90 Å². The Kier molecular flexibility index (Phi) is 6.24. The van der Waals surface area contributed by atoms with E-state index < -0.39 is 0 Å². The van der Waals surface area contributed by atoms with Crippen molar-refractivity contribution < 1.29 is 14.2 Å². The van der Waals surface area contributed by atoms with Gasteiger partial charge in [-0.1, -0.05) is 42.5 Å². The molecule has 1 aliphatic rings. The summed E-state index contributed by atoms with van der Waals surface area (Å²) < 4.78 is 16.9. The van der Waals surface area contributed by atoms with E-state index in [1.165, 1.54) is 22.3 Å². The number of fused-ring (bicyclic) bond motifs is 1. The highest BCUT2D eigenvalue weighted by molar-refractivity contribution is 5.48. The van der Waals surface area contributed by atoms with Gasteiger partial charge in [-0.05, 0) is 59.9 Å². The van der Waals surface area contributed by atoms with Crippen molar-refractivity contribution in [1.29, 1.82) is 0 Å². The molecule has 0 spiro atoms. The third kappa shape index (κ3) is 4.44. The van der Waals surface area contributed by atoms with Gasteiger partial charge in [-0.25, -0.2) is 0 Å². The van der Waals surface area contributed by atoms with E-state index >= 15 is 0 Å². The van der Waals surface area contributed by atoms with Gasteiger partial charge in [0, 0.05) is 19.1 Å². The Morgan fingerprint density at radius 2 is 1.53 bits per heavy atom. The van der Waals surface area contributed by atoms with Crippen LogP contribution in [0.25, 0.3) is 0 Å². The number of benzene rings is 3. The van der Waals surface area contributed by atoms with E-state index in [0.717, 1.165) is 36.8 Å². The lowest BCUT2D eigenvalue weighted by Gasteiger charge is -2.34. The van der Waals surface area contributed by atoms with E-state index in [1.807, 2.05) is 18.2 Å². The lowest BCUT2D eigenvalue weighted by atomic mass is 9.96. The lowest BCUT2D eigenvalue weighted by molar-refractivity contribution is 0.191. The molecule has 0 aliphatic carbocycles. The number of methoxy groups -OCH3 is 2. The molecule has 0 bridgehead atoms. The molecular weight excluding hydrogens is 374 g/mol. The van der Waals surface area contributed by atoms with E-state index in [9.17, 15) is 0 Å². The second kappa shape index (κ2) is 9.23. The molecule has 3 aromatic rings. The number of hydrogen-bond acceptors (Lipinski definition) is 4. The van der Waals surface area contributed by atoms with E-state index in [0.29, 0.717) is 12.6 Å². The Morgan fingerprint density at radius 3 is 2.20 bits per heavy atom. The molecular formula is C26H29NO3. The van der Waals surface area contributed by atoms with Gasteiger partial charge in [0.15, 0.2) is 11.5 Å². The van der Waals surface area contributed by atoms with E-state index in [4.69, 9.17) is 14.2 Å². The number of nitrogens with zero attached hydrogens (tertiary/aromatic N) is 1. The molecule has 0 amide bonds.